The molecule has 0 bridgehead atoms. The van der Waals surface area contributed by atoms with Crippen LogP contribution >= 0.6 is 23.2 Å². The predicted molar refractivity (Wildman–Crippen MR) is 100 cm³/mol. The summed E-state index contributed by atoms with van der Waals surface area (Å²) in [5, 5.41) is 2.99. The Bertz CT molecular complexity index is 988. The number of pyridine rings is 1. The minimum Gasteiger partial charge on any atom is -0.439 e. The number of rotatable bonds is 6. The molecule has 0 aliphatic heterocycles. The van der Waals surface area contributed by atoms with Gasteiger partial charge < -0.3 is 20.4 Å². The highest BCUT2D eigenvalue weighted by atomic mass is 35.5. The van der Waals surface area contributed by atoms with Gasteiger partial charge in [0.2, 0.25) is 17.7 Å². The number of anilines is 1. The Kier molecular flexibility index (Phi) is 5.58. The number of nitrogens with zero attached hydrogens (tertiary/aromatic N) is 3. The standard InChI is InChI=1S/C17H13Cl2N5O3/c18-15-16(19)24(9-22-15)8-13(25)23-11-4-5-14(21-7-11)27-12-3-1-2-10(6-12)17(20)26/h1-7,9H,8H2,(H2,20,26)(H,23,25). The lowest BCUT2D eigenvalue weighted by molar-refractivity contribution is -0.116. The van der Waals surface area contributed by atoms with Gasteiger partial charge in [-0.25, -0.2) is 9.97 Å². The molecule has 10 heteroatoms. The Morgan fingerprint density at radius 3 is 2.63 bits per heavy atom. The summed E-state index contributed by atoms with van der Waals surface area (Å²) in [6, 6.07) is 9.62. The van der Waals surface area contributed by atoms with Gasteiger partial charge in [-0.2, -0.15) is 0 Å². The second kappa shape index (κ2) is 8.07. The maximum Gasteiger partial charge on any atom is 0.248 e. The molecule has 0 saturated heterocycles. The molecule has 1 aromatic carbocycles. The molecule has 138 valence electrons. The molecule has 2 heterocycles. The average molecular weight is 406 g/mol. The van der Waals surface area contributed by atoms with E-state index in [0.29, 0.717) is 22.9 Å². The lowest BCUT2D eigenvalue weighted by atomic mass is 10.2. The summed E-state index contributed by atoms with van der Waals surface area (Å²) in [6.45, 7) is -0.0449. The van der Waals surface area contributed by atoms with E-state index in [2.05, 4.69) is 15.3 Å². The number of hydrogen-bond acceptors (Lipinski definition) is 5. The van der Waals surface area contributed by atoms with E-state index >= 15 is 0 Å². The minimum absolute atomic E-state index is 0.0449. The number of primary amides is 1. The monoisotopic (exact) mass is 405 g/mol. The Morgan fingerprint density at radius 2 is 2.00 bits per heavy atom. The third-order valence-electron chi connectivity index (χ3n) is 3.41. The fourth-order valence-electron chi connectivity index (χ4n) is 2.16. The van der Waals surface area contributed by atoms with E-state index in [1.165, 1.54) is 23.2 Å². The minimum atomic E-state index is -0.550. The summed E-state index contributed by atoms with van der Waals surface area (Å²) in [7, 11) is 0. The number of amides is 2. The summed E-state index contributed by atoms with van der Waals surface area (Å²) in [6.07, 6.45) is 2.81. The van der Waals surface area contributed by atoms with Crippen molar-refractivity contribution in [2.75, 3.05) is 5.32 Å². The highest BCUT2D eigenvalue weighted by Crippen LogP contribution is 2.22. The van der Waals surface area contributed by atoms with Crippen molar-refractivity contribution in [3.8, 4) is 11.6 Å². The van der Waals surface area contributed by atoms with E-state index in [-0.39, 0.29) is 22.8 Å². The summed E-state index contributed by atoms with van der Waals surface area (Å²) >= 11 is 11.7. The van der Waals surface area contributed by atoms with Gasteiger partial charge in [0.15, 0.2) is 5.15 Å². The number of aromatic nitrogens is 3. The lowest BCUT2D eigenvalue weighted by Crippen LogP contribution is -2.18. The van der Waals surface area contributed by atoms with Crippen molar-refractivity contribution < 1.29 is 14.3 Å². The van der Waals surface area contributed by atoms with E-state index in [9.17, 15) is 9.59 Å². The molecular formula is C17H13Cl2N5O3. The highest BCUT2D eigenvalue weighted by molar-refractivity contribution is 6.40. The molecule has 0 spiro atoms. The van der Waals surface area contributed by atoms with Crippen LogP contribution in [0.25, 0.3) is 0 Å². The van der Waals surface area contributed by atoms with Gasteiger partial charge in [0.25, 0.3) is 0 Å². The van der Waals surface area contributed by atoms with Crippen LogP contribution in [0.3, 0.4) is 0 Å². The molecule has 0 unspecified atom stereocenters. The van der Waals surface area contributed by atoms with E-state index in [1.54, 1.807) is 30.3 Å². The van der Waals surface area contributed by atoms with Crippen molar-refractivity contribution >= 4 is 40.7 Å². The first-order valence-electron chi connectivity index (χ1n) is 7.62. The molecule has 2 aromatic heterocycles. The maximum absolute atomic E-state index is 12.1. The molecular weight excluding hydrogens is 393 g/mol. The molecule has 0 saturated carbocycles. The number of halogens is 2. The second-order valence-corrected chi connectivity index (χ2v) is 6.10. The summed E-state index contributed by atoms with van der Waals surface area (Å²) in [5.41, 5.74) is 6.04. The van der Waals surface area contributed by atoms with Crippen molar-refractivity contribution in [2.24, 2.45) is 5.73 Å². The zero-order chi connectivity index (χ0) is 19.4. The van der Waals surface area contributed by atoms with Gasteiger partial charge in [-0.15, -0.1) is 0 Å². The van der Waals surface area contributed by atoms with Gasteiger partial charge in [0, 0.05) is 11.6 Å². The van der Waals surface area contributed by atoms with Gasteiger partial charge in [-0.1, -0.05) is 29.3 Å². The van der Waals surface area contributed by atoms with Crippen molar-refractivity contribution in [1.82, 2.24) is 14.5 Å². The molecule has 0 fully saturated rings. The predicted octanol–water partition coefficient (Wildman–Crippen LogP) is 3.11. The van der Waals surface area contributed by atoms with Crippen LogP contribution in [0.2, 0.25) is 10.3 Å². The topological polar surface area (TPSA) is 112 Å². The number of imidazole rings is 1. The molecule has 27 heavy (non-hydrogen) atoms. The van der Waals surface area contributed by atoms with Crippen LogP contribution in [0.4, 0.5) is 5.69 Å². The van der Waals surface area contributed by atoms with Crippen LogP contribution in [-0.4, -0.2) is 26.3 Å². The van der Waals surface area contributed by atoms with E-state index < -0.39 is 5.91 Å². The Morgan fingerprint density at radius 1 is 1.19 bits per heavy atom. The van der Waals surface area contributed by atoms with Crippen LogP contribution in [0, 0.1) is 0 Å². The summed E-state index contributed by atoms with van der Waals surface area (Å²) in [5.74, 6) is -0.164. The number of ether oxygens (including phenoxy) is 1. The number of carbonyl (C=O) groups excluding carboxylic acids is 2. The molecule has 2 amide bonds. The third kappa shape index (κ3) is 4.75. The van der Waals surface area contributed by atoms with Crippen molar-refractivity contribution in [3.05, 3.63) is 64.8 Å². The van der Waals surface area contributed by atoms with Gasteiger partial charge in [0.05, 0.1) is 18.2 Å². The quantitative estimate of drug-likeness (QED) is 0.653. The summed E-state index contributed by atoms with van der Waals surface area (Å²) < 4.78 is 6.98. The van der Waals surface area contributed by atoms with E-state index in [1.807, 2.05) is 0 Å². The normalized spacial score (nSPS) is 10.4. The molecule has 3 N–H and O–H groups in total. The van der Waals surface area contributed by atoms with Crippen LogP contribution < -0.4 is 15.8 Å². The van der Waals surface area contributed by atoms with Crippen LogP contribution in [-0.2, 0) is 11.3 Å². The Balaban J connectivity index is 1.61. The number of benzene rings is 1. The zero-order valence-electron chi connectivity index (χ0n) is 13.7. The third-order valence-corrected chi connectivity index (χ3v) is 4.18. The molecule has 3 rings (SSSR count). The molecule has 0 atom stereocenters. The molecule has 0 aliphatic rings. The number of nitrogens with two attached hydrogens (primary N) is 1. The van der Waals surface area contributed by atoms with Crippen LogP contribution in [0.5, 0.6) is 11.6 Å². The molecule has 0 radical (unpaired) electrons. The average Bonchev–Trinajstić information content (AvgIpc) is 2.95. The SMILES string of the molecule is NC(=O)c1cccc(Oc2ccc(NC(=O)Cn3cnc(Cl)c3Cl)cn2)c1. The van der Waals surface area contributed by atoms with E-state index in [0.717, 1.165) is 0 Å². The number of hydrogen-bond donors (Lipinski definition) is 2. The van der Waals surface area contributed by atoms with E-state index in [4.69, 9.17) is 33.7 Å². The lowest BCUT2D eigenvalue weighted by Gasteiger charge is -2.08. The van der Waals surface area contributed by atoms with Gasteiger partial charge in [-0.05, 0) is 24.3 Å². The first-order valence-corrected chi connectivity index (χ1v) is 8.37. The largest absolute Gasteiger partial charge is 0.439 e. The van der Waals surface area contributed by atoms with Crippen molar-refractivity contribution in [1.29, 1.82) is 0 Å². The fourth-order valence-corrected chi connectivity index (χ4v) is 2.46. The summed E-state index contributed by atoms with van der Waals surface area (Å²) in [4.78, 5) is 31.2. The maximum atomic E-state index is 12.1. The molecule has 8 nitrogen and oxygen atoms in total. The number of nitrogens with one attached hydrogen (secondary N) is 1. The van der Waals surface area contributed by atoms with Crippen LogP contribution in [0.1, 0.15) is 10.4 Å². The molecule has 3 aromatic rings. The van der Waals surface area contributed by atoms with Crippen molar-refractivity contribution in [3.63, 3.8) is 0 Å². The highest BCUT2D eigenvalue weighted by Gasteiger charge is 2.11. The van der Waals surface area contributed by atoms with Gasteiger partial charge in [-0.3, -0.25) is 9.59 Å². The Hall–Kier alpha value is -3.10. The first kappa shape index (κ1) is 18.7. The van der Waals surface area contributed by atoms with Crippen LogP contribution in [0.15, 0.2) is 48.9 Å². The zero-order valence-corrected chi connectivity index (χ0v) is 15.2. The first-order chi connectivity index (χ1) is 12.9. The van der Waals surface area contributed by atoms with Gasteiger partial charge in [0.1, 0.15) is 17.4 Å². The van der Waals surface area contributed by atoms with Crippen molar-refractivity contribution in [2.45, 2.75) is 6.54 Å². The Labute approximate surface area is 163 Å². The smallest absolute Gasteiger partial charge is 0.248 e. The van der Waals surface area contributed by atoms with Gasteiger partial charge >= 0.3 is 0 Å². The number of carbonyl (C=O) groups is 2. The fraction of sp³-hybridized carbons (Fsp3) is 0.0588. The second-order valence-electron chi connectivity index (χ2n) is 5.38. The molecule has 0 aliphatic carbocycles.